The van der Waals surface area contributed by atoms with E-state index in [2.05, 4.69) is 43.4 Å². The number of aliphatic hydroxyl groups excluding tert-OH is 1. The van der Waals surface area contributed by atoms with Crippen LogP contribution in [-0.2, 0) is 5.41 Å². The zero-order chi connectivity index (χ0) is 14.2. The molecule has 110 valence electrons. The lowest BCUT2D eigenvalue weighted by Gasteiger charge is -2.38. The van der Waals surface area contributed by atoms with Gasteiger partial charge in [0.05, 0.1) is 0 Å². The molecule has 0 aliphatic heterocycles. The highest BCUT2D eigenvalue weighted by atomic mass is 16.3. The summed E-state index contributed by atoms with van der Waals surface area (Å²) in [6.45, 7) is 6.11. The van der Waals surface area contributed by atoms with Crippen molar-refractivity contribution in [1.82, 2.24) is 5.32 Å². The maximum atomic E-state index is 9.18. The molecule has 1 aromatic rings. The minimum atomic E-state index is 0.303. The Balaban J connectivity index is 1.72. The molecule has 1 aromatic carbocycles. The Labute approximate surface area is 122 Å². The summed E-state index contributed by atoms with van der Waals surface area (Å²) in [6.07, 6.45) is 5.98. The van der Waals surface area contributed by atoms with Crippen LogP contribution in [0.25, 0.3) is 0 Å². The van der Waals surface area contributed by atoms with E-state index < -0.39 is 0 Å². The van der Waals surface area contributed by atoms with E-state index in [9.17, 15) is 5.11 Å². The third kappa shape index (κ3) is 2.64. The standard InChI is InChI=1S/C18H27NO/c1-17(2)8-7-16(14-5-3-4-6-15(14)17)19-13-18(9-10-18)11-12-20/h3-6,16,19-20H,7-13H2,1-2H3. The van der Waals surface area contributed by atoms with Gasteiger partial charge in [-0.15, -0.1) is 0 Å². The molecule has 2 nitrogen and oxygen atoms in total. The van der Waals surface area contributed by atoms with Crippen LogP contribution in [0.5, 0.6) is 0 Å². The molecule has 3 rings (SSSR count). The van der Waals surface area contributed by atoms with Gasteiger partial charge in [0.15, 0.2) is 0 Å². The van der Waals surface area contributed by atoms with E-state index in [0.717, 1.165) is 13.0 Å². The van der Waals surface area contributed by atoms with Gasteiger partial charge < -0.3 is 10.4 Å². The van der Waals surface area contributed by atoms with E-state index in [-0.39, 0.29) is 0 Å². The van der Waals surface area contributed by atoms with E-state index in [4.69, 9.17) is 0 Å². The van der Waals surface area contributed by atoms with E-state index in [1.165, 1.54) is 36.8 Å². The molecule has 2 aliphatic rings. The van der Waals surface area contributed by atoms with E-state index in [0.29, 0.717) is 23.5 Å². The number of benzene rings is 1. The van der Waals surface area contributed by atoms with Crippen molar-refractivity contribution in [2.75, 3.05) is 13.2 Å². The molecule has 0 spiro atoms. The highest BCUT2D eigenvalue weighted by Gasteiger charge is 2.42. The Kier molecular flexibility index (Phi) is 3.64. The number of hydrogen-bond donors (Lipinski definition) is 2. The van der Waals surface area contributed by atoms with Crippen molar-refractivity contribution in [1.29, 1.82) is 0 Å². The molecule has 2 aliphatic carbocycles. The average Bonchev–Trinajstić information content (AvgIpc) is 3.19. The summed E-state index contributed by atoms with van der Waals surface area (Å²) in [4.78, 5) is 0. The molecule has 1 atom stereocenters. The number of hydrogen-bond acceptors (Lipinski definition) is 2. The van der Waals surface area contributed by atoms with Crippen molar-refractivity contribution >= 4 is 0 Å². The molecule has 0 heterocycles. The van der Waals surface area contributed by atoms with Crippen LogP contribution in [0.1, 0.15) is 63.1 Å². The van der Waals surface area contributed by atoms with Crippen molar-refractivity contribution in [2.45, 2.75) is 57.4 Å². The first-order chi connectivity index (χ1) is 9.56. The van der Waals surface area contributed by atoms with Crippen LogP contribution in [-0.4, -0.2) is 18.3 Å². The van der Waals surface area contributed by atoms with Gasteiger partial charge in [-0.05, 0) is 54.1 Å². The Morgan fingerprint density at radius 1 is 1.20 bits per heavy atom. The first-order valence-electron chi connectivity index (χ1n) is 8.00. The third-order valence-corrected chi connectivity index (χ3v) is 5.45. The first-order valence-corrected chi connectivity index (χ1v) is 8.00. The molecule has 0 radical (unpaired) electrons. The Bertz CT molecular complexity index is 476. The first kappa shape index (κ1) is 14.1. The minimum Gasteiger partial charge on any atom is -0.396 e. The smallest absolute Gasteiger partial charge is 0.0436 e. The van der Waals surface area contributed by atoms with Crippen molar-refractivity contribution < 1.29 is 5.11 Å². The fourth-order valence-corrected chi connectivity index (χ4v) is 3.69. The fraction of sp³-hybridized carbons (Fsp3) is 0.667. The highest BCUT2D eigenvalue weighted by Crippen LogP contribution is 2.49. The summed E-state index contributed by atoms with van der Waals surface area (Å²) >= 11 is 0. The summed E-state index contributed by atoms with van der Waals surface area (Å²) in [6, 6.07) is 9.41. The molecule has 1 fully saturated rings. The lowest BCUT2D eigenvalue weighted by atomic mass is 9.71. The molecule has 2 heteroatoms. The normalized spacial score (nSPS) is 26.1. The molecule has 0 bridgehead atoms. The zero-order valence-corrected chi connectivity index (χ0v) is 12.8. The van der Waals surface area contributed by atoms with Crippen molar-refractivity contribution in [2.24, 2.45) is 5.41 Å². The molecule has 1 unspecified atom stereocenters. The lowest BCUT2D eigenvalue weighted by molar-refractivity contribution is 0.238. The summed E-state index contributed by atoms with van der Waals surface area (Å²) in [5.74, 6) is 0. The molecule has 0 saturated heterocycles. The van der Waals surface area contributed by atoms with Crippen LogP contribution in [0.4, 0.5) is 0 Å². The predicted molar refractivity (Wildman–Crippen MR) is 82.8 cm³/mol. The molecule has 1 saturated carbocycles. The molecular formula is C18H27NO. The fourth-order valence-electron chi connectivity index (χ4n) is 3.69. The number of nitrogens with one attached hydrogen (secondary N) is 1. The van der Waals surface area contributed by atoms with Crippen LogP contribution in [0.2, 0.25) is 0 Å². The van der Waals surface area contributed by atoms with Gasteiger partial charge in [0.25, 0.3) is 0 Å². The largest absolute Gasteiger partial charge is 0.396 e. The molecular weight excluding hydrogens is 246 g/mol. The predicted octanol–water partition coefficient (Wildman–Crippen LogP) is 3.55. The van der Waals surface area contributed by atoms with Gasteiger partial charge in [0.2, 0.25) is 0 Å². The molecule has 20 heavy (non-hydrogen) atoms. The average molecular weight is 273 g/mol. The van der Waals surface area contributed by atoms with Crippen LogP contribution in [0, 0.1) is 5.41 Å². The van der Waals surface area contributed by atoms with Crippen LogP contribution in [0.15, 0.2) is 24.3 Å². The monoisotopic (exact) mass is 273 g/mol. The summed E-state index contributed by atoms with van der Waals surface area (Å²) in [5.41, 5.74) is 3.70. The number of fused-ring (bicyclic) bond motifs is 1. The van der Waals surface area contributed by atoms with Gasteiger partial charge in [-0.1, -0.05) is 38.1 Å². The van der Waals surface area contributed by atoms with Gasteiger partial charge >= 0.3 is 0 Å². The third-order valence-electron chi connectivity index (χ3n) is 5.45. The van der Waals surface area contributed by atoms with Crippen molar-refractivity contribution in [3.63, 3.8) is 0 Å². The second kappa shape index (κ2) is 5.16. The maximum Gasteiger partial charge on any atom is 0.0436 e. The Hall–Kier alpha value is -0.860. The summed E-state index contributed by atoms with van der Waals surface area (Å²) < 4.78 is 0. The topological polar surface area (TPSA) is 32.3 Å². The molecule has 0 amide bonds. The van der Waals surface area contributed by atoms with E-state index in [1.807, 2.05) is 0 Å². The summed E-state index contributed by atoms with van der Waals surface area (Å²) in [5, 5.41) is 13.0. The number of aliphatic hydroxyl groups is 1. The highest BCUT2D eigenvalue weighted by molar-refractivity contribution is 5.38. The van der Waals surface area contributed by atoms with Gasteiger partial charge in [0, 0.05) is 19.2 Å². The van der Waals surface area contributed by atoms with Gasteiger partial charge in [-0.25, -0.2) is 0 Å². The van der Waals surface area contributed by atoms with Crippen LogP contribution < -0.4 is 5.32 Å². The summed E-state index contributed by atoms with van der Waals surface area (Å²) in [7, 11) is 0. The Morgan fingerprint density at radius 2 is 1.95 bits per heavy atom. The van der Waals surface area contributed by atoms with Crippen LogP contribution in [0.3, 0.4) is 0 Å². The second-order valence-corrected chi connectivity index (χ2v) is 7.42. The zero-order valence-electron chi connectivity index (χ0n) is 12.8. The number of rotatable bonds is 5. The lowest BCUT2D eigenvalue weighted by Crippen LogP contribution is -2.35. The van der Waals surface area contributed by atoms with Gasteiger partial charge in [-0.2, -0.15) is 0 Å². The van der Waals surface area contributed by atoms with Gasteiger partial charge in [0.1, 0.15) is 0 Å². The quantitative estimate of drug-likeness (QED) is 0.860. The SMILES string of the molecule is CC1(C)CCC(NCC2(CCO)CC2)c2ccccc21. The molecule has 2 N–H and O–H groups in total. The van der Waals surface area contributed by atoms with E-state index in [1.54, 1.807) is 0 Å². The van der Waals surface area contributed by atoms with E-state index >= 15 is 0 Å². The Morgan fingerprint density at radius 3 is 2.65 bits per heavy atom. The molecule has 0 aromatic heterocycles. The maximum absolute atomic E-state index is 9.18. The van der Waals surface area contributed by atoms with Gasteiger partial charge in [-0.3, -0.25) is 0 Å². The second-order valence-electron chi connectivity index (χ2n) is 7.42. The minimum absolute atomic E-state index is 0.303. The van der Waals surface area contributed by atoms with Crippen molar-refractivity contribution in [3.8, 4) is 0 Å². The van der Waals surface area contributed by atoms with Crippen molar-refractivity contribution in [3.05, 3.63) is 35.4 Å². The van der Waals surface area contributed by atoms with Crippen LogP contribution >= 0.6 is 0 Å².